The van der Waals surface area contributed by atoms with Crippen LogP contribution in [0, 0.1) is 5.92 Å². The van der Waals surface area contributed by atoms with E-state index in [0.717, 1.165) is 31.6 Å². The molecule has 1 fully saturated rings. The monoisotopic (exact) mass is 480 g/mol. The lowest BCUT2D eigenvalue weighted by molar-refractivity contribution is 0.102. The summed E-state index contributed by atoms with van der Waals surface area (Å²) in [5.74, 6) is -0.167. The van der Waals surface area contributed by atoms with Gasteiger partial charge in [-0.15, -0.1) is 0 Å². The maximum Gasteiger partial charge on any atom is 0.411 e. The summed E-state index contributed by atoms with van der Waals surface area (Å²) in [5.41, 5.74) is 2.12. The molecule has 1 saturated heterocycles. The van der Waals surface area contributed by atoms with Crippen LogP contribution in [0.15, 0.2) is 67.0 Å². The van der Waals surface area contributed by atoms with Crippen LogP contribution in [0.1, 0.15) is 23.2 Å². The van der Waals surface area contributed by atoms with Gasteiger partial charge in [0.05, 0.1) is 18.0 Å². The third-order valence-electron chi connectivity index (χ3n) is 5.69. The molecule has 0 radical (unpaired) electrons. The number of benzene rings is 2. The number of anilines is 3. The van der Waals surface area contributed by atoms with E-state index in [9.17, 15) is 14.7 Å². The van der Waals surface area contributed by atoms with Crippen LogP contribution in [0.25, 0.3) is 0 Å². The zero-order valence-corrected chi connectivity index (χ0v) is 19.2. The zero-order valence-electron chi connectivity index (χ0n) is 18.4. The number of halogens is 1. The van der Waals surface area contributed by atoms with Crippen LogP contribution in [-0.2, 0) is 4.74 Å². The van der Waals surface area contributed by atoms with Gasteiger partial charge in [-0.1, -0.05) is 11.6 Å². The van der Waals surface area contributed by atoms with Crippen LogP contribution in [-0.4, -0.2) is 41.8 Å². The molecule has 8 nitrogen and oxygen atoms in total. The van der Waals surface area contributed by atoms with Crippen molar-refractivity contribution in [3.05, 3.63) is 77.6 Å². The highest BCUT2D eigenvalue weighted by atomic mass is 35.5. The van der Waals surface area contributed by atoms with Crippen molar-refractivity contribution in [3.63, 3.8) is 0 Å². The van der Waals surface area contributed by atoms with Crippen molar-refractivity contribution in [2.45, 2.75) is 12.8 Å². The van der Waals surface area contributed by atoms with Crippen LogP contribution in [0.4, 0.5) is 21.9 Å². The van der Waals surface area contributed by atoms with E-state index in [1.165, 1.54) is 18.2 Å². The smallest absolute Gasteiger partial charge is 0.411 e. The minimum atomic E-state index is -0.649. The summed E-state index contributed by atoms with van der Waals surface area (Å²) in [6.07, 6.45) is 4.73. The Morgan fingerprint density at radius 3 is 2.41 bits per heavy atom. The number of aromatic nitrogens is 1. The Hall–Kier alpha value is -3.78. The van der Waals surface area contributed by atoms with E-state index in [2.05, 4.69) is 20.5 Å². The Labute approximate surface area is 202 Å². The van der Waals surface area contributed by atoms with E-state index in [4.69, 9.17) is 16.3 Å². The van der Waals surface area contributed by atoms with Crippen molar-refractivity contribution in [3.8, 4) is 5.75 Å². The molecule has 2 heterocycles. The highest BCUT2D eigenvalue weighted by Gasteiger charge is 2.21. The van der Waals surface area contributed by atoms with Gasteiger partial charge in [0, 0.05) is 47.8 Å². The summed E-state index contributed by atoms with van der Waals surface area (Å²) in [7, 11) is 0. The van der Waals surface area contributed by atoms with Gasteiger partial charge < -0.3 is 20.1 Å². The number of amides is 2. The third kappa shape index (κ3) is 6.17. The zero-order chi connectivity index (χ0) is 23.9. The van der Waals surface area contributed by atoms with E-state index in [-0.39, 0.29) is 23.3 Å². The van der Waals surface area contributed by atoms with Crippen molar-refractivity contribution in [1.29, 1.82) is 0 Å². The fourth-order valence-corrected chi connectivity index (χ4v) is 3.92. The summed E-state index contributed by atoms with van der Waals surface area (Å²) >= 11 is 5.87. The van der Waals surface area contributed by atoms with E-state index in [1.54, 1.807) is 36.7 Å². The van der Waals surface area contributed by atoms with Crippen molar-refractivity contribution in [2.75, 3.05) is 35.2 Å². The number of nitrogens with one attached hydrogen (secondary N) is 2. The molecule has 176 valence electrons. The summed E-state index contributed by atoms with van der Waals surface area (Å²) in [4.78, 5) is 31.3. The van der Waals surface area contributed by atoms with Crippen LogP contribution in [0.5, 0.6) is 5.75 Å². The average Bonchev–Trinajstić information content (AvgIpc) is 2.85. The number of hydrogen-bond acceptors (Lipinski definition) is 6. The molecule has 0 saturated carbocycles. The molecule has 34 heavy (non-hydrogen) atoms. The molecular weight excluding hydrogens is 456 g/mol. The predicted octanol–water partition coefficient (Wildman–Crippen LogP) is 5.16. The normalized spacial score (nSPS) is 13.9. The van der Waals surface area contributed by atoms with Gasteiger partial charge in [-0.25, -0.2) is 4.79 Å². The molecule has 2 aromatic carbocycles. The summed E-state index contributed by atoms with van der Waals surface area (Å²) in [6.45, 7) is 2.06. The van der Waals surface area contributed by atoms with Crippen molar-refractivity contribution < 1.29 is 19.4 Å². The molecule has 1 aromatic heterocycles. The van der Waals surface area contributed by atoms with Crippen LogP contribution >= 0.6 is 11.6 Å². The average molecular weight is 481 g/mol. The quantitative estimate of drug-likeness (QED) is 0.421. The molecule has 2 amide bonds. The number of hydrogen-bond donors (Lipinski definition) is 3. The predicted molar refractivity (Wildman–Crippen MR) is 132 cm³/mol. The number of aromatic hydroxyl groups is 1. The second-order valence-corrected chi connectivity index (χ2v) is 8.49. The number of nitrogens with zero attached hydrogens (tertiary/aromatic N) is 2. The van der Waals surface area contributed by atoms with Gasteiger partial charge in [-0.2, -0.15) is 0 Å². The molecule has 3 N–H and O–H groups in total. The second-order valence-electron chi connectivity index (χ2n) is 8.05. The Bertz CT molecular complexity index is 1130. The van der Waals surface area contributed by atoms with Gasteiger partial charge in [0.25, 0.3) is 5.91 Å². The summed E-state index contributed by atoms with van der Waals surface area (Å²) in [6, 6.07) is 14.7. The number of phenols is 1. The van der Waals surface area contributed by atoms with Gasteiger partial charge in [-0.3, -0.25) is 15.1 Å². The summed E-state index contributed by atoms with van der Waals surface area (Å²) in [5, 5.41) is 15.7. The summed E-state index contributed by atoms with van der Waals surface area (Å²) < 4.78 is 5.44. The first kappa shape index (κ1) is 23.4. The minimum absolute atomic E-state index is 0.0525. The number of phenolic OH excluding ortho intramolecular Hbond substituents is 1. The van der Waals surface area contributed by atoms with Crippen molar-refractivity contribution >= 4 is 40.7 Å². The number of rotatable bonds is 6. The van der Waals surface area contributed by atoms with Crippen LogP contribution in [0.3, 0.4) is 0 Å². The fourth-order valence-electron chi connectivity index (χ4n) is 3.79. The highest BCUT2D eigenvalue weighted by molar-refractivity contribution is 6.30. The largest absolute Gasteiger partial charge is 0.508 e. The maximum absolute atomic E-state index is 12.5. The molecule has 1 aliphatic rings. The number of pyridine rings is 1. The fraction of sp³-hybridized carbons (Fsp3) is 0.240. The molecule has 9 heteroatoms. The minimum Gasteiger partial charge on any atom is -0.508 e. The molecule has 0 atom stereocenters. The van der Waals surface area contributed by atoms with Crippen LogP contribution in [0.2, 0.25) is 5.02 Å². The topological polar surface area (TPSA) is 104 Å². The molecule has 0 bridgehead atoms. The number of piperidine rings is 1. The molecule has 3 aromatic rings. The second kappa shape index (κ2) is 10.9. The third-order valence-corrected chi connectivity index (χ3v) is 5.94. The lowest BCUT2D eigenvalue weighted by atomic mass is 9.97. The Morgan fingerprint density at radius 2 is 1.71 bits per heavy atom. The Morgan fingerprint density at radius 1 is 1.00 bits per heavy atom. The van der Waals surface area contributed by atoms with E-state index in [0.29, 0.717) is 22.9 Å². The number of carbonyl (C=O) groups excluding carboxylic acids is 2. The van der Waals surface area contributed by atoms with Gasteiger partial charge in [-0.05, 0) is 67.3 Å². The van der Waals surface area contributed by atoms with Gasteiger partial charge in [0.15, 0.2) is 0 Å². The Balaban J connectivity index is 1.30. The first-order chi connectivity index (χ1) is 16.5. The number of ether oxygens (including phenoxy) is 1. The molecular formula is C25H25ClN4O4. The van der Waals surface area contributed by atoms with Gasteiger partial charge >= 0.3 is 6.09 Å². The molecule has 1 aliphatic heterocycles. The molecule has 0 spiro atoms. The standard InChI is InChI=1S/C25H25ClN4O4/c26-19-3-1-18(2-4-19)24(32)28-22-6-5-21(31)15-23(22)29-25(33)34-16-17-9-13-30(14-10-17)20-7-11-27-12-8-20/h1-8,11-12,15,17,31H,9-10,13-14,16H2,(H,28,32)(H,29,33). The molecule has 4 rings (SSSR count). The maximum atomic E-state index is 12.5. The van der Waals surface area contributed by atoms with Crippen molar-refractivity contribution in [1.82, 2.24) is 4.98 Å². The van der Waals surface area contributed by atoms with E-state index < -0.39 is 6.09 Å². The number of carbonyl (C=O) groups is 2. The van der Waals surface area contributed by atoms with Gasteiger partial charge in [0.2, 0.25) is 0 Å². The molecule has 0 unspecified atom stereocenters. The van der Waals surface area contributed by atoms with E-state index >= 15 is 0 Å². The van der Waals surface area contributed by atoms with Crippen LogP contribution < -0.4 is 15.5 Å². The van der Waals surface area contributed by atoms with E-state index in [1.807, 2.05) is 12.1 Å². The SMILES string of the molecule is O=C(Nc1cc(O)ccc1NC(=O)c1ccc(Cl)cc1)OCC1CCN(c2ccncc2)CC1. The molecule has 0 aliphatic carbocycles. The van der Waals surface area contributed by atoms with Crippen molar-refractivity contribution in [2.24, 2.45) is 5.92 Å². The first-order valence-electron chi connectivity index (χ1n) is 11.0. The first-order valence-corrected chi connectivity index (χ1v) is 11.3. The highest BCUT2D eigenvalue weighted by Crippen LogP contribution is 2.28. The lowest BCUT2D eigenvalue weighted by Gasteiger charge is -2.33. The van der Waals surface area contributed by atoms with Gasteiger partial charge in [0.1, 0.15) is 5.75 Å². The lowest BCUT2D eigenvalue weighted by Crippen LogP contribution is -2.35. The Kier molecular flexibility index (Phi) is 7.49.